The van der Waals surface area contributed by atoms with Crippen molar-refractivity contribution in [2.24, 2.45) is 0 Å². The van der Waals surface area contributed by atoms with Crippen molar-refractivity contribution in [2.75, 3.05) is 4.72 Å². The number of carbonyl (C=O) groups is 1. The highest BCUT2D eigenvalue weighted by Crippen LogP contribution is 2.38. The van der Waals surface area contributed by atoms with Gasteiger partial charge in [0.15, 0.2) is 5.78 Å². The normalized spacial score (nSPS) is 12.7. The topological polar surface area (TPSA) is 66.4 Å². The second-order valence-corrected chi connectivity index (χ2v) is 6.78. The molecule has 0 aliphatic rings. The van der Waals surface area contributed by atoms with E-state index in [1.807, 2.05) is 0 Å². The molecular weight excluding hydrogens is 375 g/mol. The number of benzene rings is 2. The van der Waals surface area contributed by atoms with Gasteiger partial charge in [0.05, 0.1) is 11.3 Å². The van der Waals surface area contributed by atoms with Gasteiger partial charge in [-0.15, -0.1) is 11.8 Å². The second kappa shape index (κ2) is 8.03. The number of anilines is 1. The SMILES string of the molecule is CC(=O)c1ccc(NS(=O)O)c(CSc2ccccc2C(F)(F)F)c1. The second-order valence-electron chi connectivity index (χ2n) is 5.06. The third-order valence-corrected chi connectivity index (χ3v) is 4.80. The highest BCUT2D eigenvalue weighted by molar-refractivity contribution is 7.98. The van der Waals surface area contributed by atoms with Crippen LogP contribution in [0.25, 0.3) is 0 Å². The van der Waals surface area contributed by atoms with Crippen molar-refractivity contribution in [3.05, 3.63) is 59.2 Å². The van der Waals surface area contributed by atoms with Crippen LogP contribution in [-0.4, -0.2) is 14.5 Å². The van der Waals surface area contributed by atoms with Gasteiger partial charge in [-0.2, -0.15) is 13.2 Å². The van der Waals surface area contributed by atoms with Gasteiger partial charge in [-0.05, 0) is 42.8 Å². The van der Waals surface area contributed by atoms with E-state index in [1.54, 1.807) is 0 Å². The Bertz CT molecular complexity index is 809. The lowest BCUT2D eigenvalue weighted by Gasteiger charge is -2.14. The summed E-state index contributed by atoms with van der Waals surface area (Å²) in [5.74, 6) is -0.119. The molecule has 0 aliphatic heterocycles. The van der Waals surface area contributed by atoms with E-state index in [1.165, 1.54) is 43.3 Å². The molecule has 2 aromatic carbocycles. The Labute approximate surface area is 149 Å². The summed E-state index contributed by atoms with van der Waals surface area (Å²) in [6.45, 7) is 1.36. The monoisotopic (exact) mass is 389 g/mol. The molecule has 9 heteroatoms. The first kappa shape index (κ1) is 19.5. The summed E-state index contributed by atoms with van der Waals surface area (Å²) in [7, 11) is 0. The van der Waals surface area contributed by atoms with Crippen LogP contribution < -0.4 is 4.72 Å². The fourth-order valence-electron chi connectivity index (χ4n) is 2.11. The predicted molar refractivity (Wildman–Crippen MR) is 91.8 cm³/mol. The van der Waals surface area contributed by atoms with Gasteiger partial charge in [-0.1, -0.05) is 12.1 Å². The molecule has 0 aromatic heterocycles. The number of rotatable bonds is 6. The van der Waals surface area contributed by atoms with E-state index >= 15 is 0 Å². The van der Waals surface area contributed by atoms with Crippen LogP contribution in [0.15, 0.2) is 47.4 Å². The predicted octanol–water partition coefficient (Wildman–Crippen LogP) is 4.75. The molecule has 0 aliphatic carbocycles. The van der Waals surface area contributed by atoms with Gasteiger partial charge in [-0.25, -0.2) is 4.21 Å². The Morgan fingerprint density at radius 2 is 1.92 bits per heavy atom. The fraction of sp³-hybridized carbons (Fsp3) is 0.188. The fourth-order valence-corrected chi connectivity index (χ4v) is 3.56. The number of carbonyl (C=O) groups excluding carboxylic acids is 1. The Balaban J connectivity index is 2.32. The molecule has 134 valence electrons. The van der Waals surface area contributed by atoms with Crippen LogP contribution in [0.3, 0.4) is 0 Å². The smallest absolute Gasteiger partial charge is 0.295 e. The molecule has 0 saturated carbocycles. The molecule has 0 bridgehead atoms. The van der Waals surface area contributed by atoms with E-state index in [-0.39, 0.29) is 22.1 Å². The van der Waals surface area contributed by atoms with E-state index in [9.17, 15) is 22.2 Å². The third kappa shape index (κ3) is 5.32. The molecule has 1 atom stereocenters. The van der Waals surface area contributed by atoms with Gasteiger partial charge in [0, 0.05) is 16.2 Å². The number of ketones is 1. The molecule has 25 heavy (non-hydrogen) atoms. The summed E-state index contributed by atoms with van der Waals surface area (Å²) in [5, 5.41) is 0. The number of hydrogen-bond donors (Lipinski definition) is 2. The van der Waals surface area contributed by atoms with Gasteiger partial charge in [-0.3, -0.25) is 14.1 Å². The zero-order valence-electron chi connectivity index (χ0n) is 13.0. The number of hydrogen-bond acceptors (Lipinski definition) is 3. The standard InChI is InChI=1S/C16H14F3NO3S2/c1-10(21)11-6-7-14(20-25(22)23)12(8-11)9-24-15-5-3-2-4-13(15)16(17,18)19/h2-8,20H,9H2,1H3,(H,22,23). The average molecular weight is 389 g/mol. The lowest BCUT2D eigenvalue weighted by atomic mass is 10.1. The van der Waals surface area contributed by atoms with Crippen molar-refractivity contribution >= 4 is 34.5 Å². The molecule has 2 rings (SSSR count). The number of halogens is 3. The molecule has 0 amide bonds. The van der Waals surface area contributed by atoms with Crippen LogP contribution in [0.4, 0.5) is 18.9 Å². The van der Waals surface area contributed by atoms with Gasteiger partial charge in [0.25, 0.3) is 11.3 Å². The zero-order chi connectivity index (χ0) is 18.6. The number of nitrogens with one attached hydrogen (secondary N) is 1. The average Bonchev–Trinajstić information content (AvgIpc) is 2.52. The van der Waals surface area contributed by atoms with E-state index in [0.717, 1.165) is 17.8 Å². The van der Waals surface area contributed by atoms with Gasteiger partial charge in [0.2, 0.25) is 0 Å². The Kier molecular flexibility index (Phi) is 6.26. The minimum Gasteiger partial charge on any atom is -0.295 e. The maximum absolute atomic E-state index is 13.1. The number of alkyl halides is 3. The van der Waals surface area contributed by atoms with Crippen molar-refractivity contribution in [2.45, 2.75) is 23.7 Å². The Morgan fingerprint density at radius 3 is 2.52 bits per heavy atom. The lowest BCUT2D eigenvalue weighted by Crippen LogP contribution is -2.07. The molecule has 4 nitrogen and oxygen atoms in total. The highest BCUT2D eigenvalue weighted by Gasteiger charge is 2.33. The van der Waals surface area contributed by atoms with Crippen LogP contribution in [0.1, 0.15) is 28.4 Å². The highest BCUT2D eigenvalue weighted by atomic mass is 32.2. The van der Waals surface area contributed by atoms with E-state index in [4.69, 9.17) is 4.55 Å². The molecule has 0 saturated heterocycles. The first-order chi connectivity index (χ1) is 11.7. The first-order valence-electron chi connectivity index (χ1n) is 6.99. The molecule has 0 fully saturated rings. The summed E-state index contributed by atoms with van der Waals surface area (Å²) in [5.41, 5.74) is 0.358. The summed E-state index contributed by atoms with van der Waals surface area (Å²) in [6.07, 6.45) is -4.47. The lowest BCUT2D eigenvalue weighted by molar-refractivity contribution is -0.139. The van der Waals surface area contributed by atoms with Gasteiger partial charge in [0.1, 0.15) is 0 Å². The maximum atomic E-state index is 13.1. The number of Topliss-reactive ketones (excluding diaryl/α,β-unsaturated/α-hetero) is 1. The molecule has 0 spiro atoms. The quantitative estimate of drug-likeness (QED) is 0.425. The molecule has 1 unspecified atom stereocenters. The van der Waals surface area contributed by atoms with Crippen molar-refractivity contribution in [3.8, 4) is 0 Å². The summed E-state index contributed by atoms with van der Waals surface area (Å²) in [4.78, 5) is 11.5. The molecular formula is C16H14F3NO3S2. The van der Waals surface area contributed by atoms with Crippen molar-refractivity contribution < 1.29 is 26.7 Å². The summed E-state index contributed by atoms with van der Waals surface area (Å²) in [6, 6.07) is 9.61. The van der Waals surface area contributed by atoms with E-state index in [2.05, 4.69) is 4.72 Å². The van der Waals surface area contributed by atoms with Crippen LogP contribution in [0.5, 0.6) is 0 Å². The maximum Gasteiger partial charge on any atom is 0.417 e. The minimum absolute atomic E-state index is 0.0410. The van der Waals surface area contributed by atoms with E-state index < -0.39 is 23.0 Å². The Morgan fingerprint density at radius 1 is 1.24 bits per heavy atom. The Hall–Kier alpha value is -1.84. The third-order valence-electron chi connectivity index (χ3n) is 3.28. The van der Waals surface area contributed by atoms with E-state index in [0.29, 0.717) is 11.1 Å². The van der Waals surface area contributed by atoms with Crippen molar-refractivity contribution in [3.63, 3.8) is 0 Å². The van der Waals surface area contributed by atoms with Crippen LogP contribution in [-0.2, 0) is 23.2 Å². The van der Waals surface area contributed by atoms with Crippen LogP contribution in [0.2, 0.25) is 0 Å². The summed E-state index contributed by atoms with van der Waals surface area (Å²) < 4.78 is 61.4. The molecule has 0 heterocycles. The van der Waals surface area contributed by atoms with Crippen LogP contribution in [0, 0.1) is 0 Å². The zero-order valence-corrected chi connectivity index (χ0v) is 14.6. The number of thioether (sulfide) groups is 1. The summed E-state index contributed by atoms with van der Waals surface area (Å²) >= 11 is -1.40. The van der Waals surface area contributed by atoms with Gasteiger partial charge < -0.3 is 0 Å². The van der Waals surface area contributed by atoms with Crippen molar-refractivity contribution in [1.29, 1.82) is 0 Å². The van der Waals surface area contributed by atoms with Crippen molar-refractivity contribution in [1.82, 2.24) is 0 Å². The first-order valence-corrected chi connectivity index (χ1v) is 9.08. The molecule has 2 N–H and O–H groups in total. The molecule has 2 aromatic rings. The van der Waals surface area contributed by atoms with Crippen LogP contribution >= 0.6 is 11.8 Å². The largest absolute Gasteiger partial charge is 0.417 e. The minimum atomic E-state index is -4.47. The molecule has 0 radical (unpaired) electrons. The van der Waals surface area contributed by atoms with Gasteiger partial charge >= 0.3 is 6.18 Å².